The molecule has 0 spiro atoms. The fourth-order valence-electron chi connectivity index (χ4n) is 2.16. The van der Waals surface area contributed by atoms with Gasteiger partial charge in [0, 0.05) is 19.6 Å². The summed E-state index contributed by atoms with van der Waals surface area (Å²) in [6.45, 7) is 7.43. The van der Waals surface area contributed by atoms with Crippen LogP contribution < -0.4 is 5.73 Å². The van der Waals surface area contributed by atoms with Crippen LogP contribution in [0.15, 0.2) is 24.3 Å². The van der Waals surface area contributed by atoms with Gasteiger partial charge in [-0.2, -0.15) is 0 Å². The van der Waals surface area contributed by atoms with E-state index in [1.807, 2.05) is 0 Å². The number of hydrogen-bond acceptors (Lipinski definition) is 3. The zero-order chi connectivity index (χ0) is 14.1. The van der Waals surface area contributed by atoms with Crippen LogP contribution in [0, 0.1) is 0 Å². The number of benzene rings is 1. The van der Waals surface area contributed by atoms with Crippen molar-refractivity contribution < 1.29 is 0 Å². The van der Waals surface area contributed by atoms with Crippen LogP contribution in [0.3, 0.4) is 0 Å². The maximum absolute atomic E-state index is 5.57. The lowest BCUT2D eigenvalue weighted by Crippen LogP contribution is -2.32. The van der Waals surface area contributed by atoms with Crippen LogP contribution in [-0.4, -0.2) is 50.1 Å². The summed E-state index contributed by atoms with van der Waals surface area (Å²) < 4.78 is 0. The van der Waals surface area contributed by atoms with E-state index in [9.17, 15) is 0 Å². The van der Waals surface area contributed by atoms with Crippen LogP contribution in [0.2, 0.25) is 0 Å². The quantitative estimate of drug-likeness (QED) is 0.739. The number of nitrogens with zero attached hydrogens (tertiary/aromatic N) is 2. The van der Waals surface area contributed by atoms with E-state index in [1.165, 1.54) is 24.1 Å². The minimum Gasteiger partial charge on any atom is -0.330 e. The lowest BCUT2D eigenvalue weighted by atomic mass is 10.1. The van der Waals surface area contributed by atoms with E-state index in [-0.39, 0.29) is 0 Å². The molecule has 0 aliphatic heterocycles. The normalized spacial score (nSPS) is 11.5. The molecule has 0 fully saturated rings. The van der Waals surface area contributed by atoms with Crippen molar-refractivity contribution in [1.82, 2.24) is 9.80 Å². The van der Waals surface area contributed by atoms with Gasteiger partial charge in [-0.15, -0.1) is 0 Å². The number of rotatable bonds is 9. The van der Waals surface area contributed by atoms with Crippen molar-refractivity contribution in [3.63, 3.8) is 0 Å². The molecule has 0 atom stereocenters. The van der Waals surface area contributed by atoms with E-state index in [1.54, 1.807) is 0 Å². The Kier molecular flexibility index (Phi) is 7.72. The summed E-state index contributed by atoms with van der Waals surface area (Å²) in [6.07, 6.45) is 2.18. The van der Waals surface area contributed by atoms with Gasteiger partial charge in [-0.1, -0.05) is 31.2 Å². The van der Waals surface area contributed by atoms with Gasteiger partial charge in [0.05, 0.1) is 0 Å². The Morgan fingerprint density at radius 3 is 2.11 bits per heavy atom. The van der Waals surface area contributed by atoms with E-state index in [0.29, 0.717) is 0 Å². The van der Waals surface area contributed by atoms with Crippen LogP contribution in [0.25, 0.3) is 0 Å². The minimum atomic E-state index is 0.726. The fourth-order valence-corrected chi connectivity index (χ4v) is 2.16. The zero-order valence-electron chi connectivity index (χ0n) is 12.7. The monoisotopic (exact) mass is 263 g/mol. The maximum Gasteiger partial charge on any atom is 0.0234 e. The summed E-state index contributed by atoms with van der Waals surface area (Å²) in [5.74, 6) is 0. The Labute approximate surface area is 118 Å². The fraction of sp³-hybridized carbons (Fsp3) is 0.625. The van der Waals surface area contributed by atoms with E-state index in [0.717, 1.165) is 32.6 Å². The van der Waals surface area contributed by atoms with Gasteiger partial charge in [-0.05, 0) is 51.2 Å². The van der Waals surface area contributed by atoms with Gasteiger partial charge in [0.15, 0.2) is 0 Å². The van der Waals surface area contributed by atoms with Crippen LogP contribution in [0.4, 0.5) is 0 Å². The number of hydrogen-bond donors (Lipinski definition) is 1. The molecule has 3 heteroatoms. The first kappa shape index (κ1) is 16.2. The number of likely N-dealkylation sites (N-methyl/N-ethyl adjacent to an activating group) is 1. The standard InChI is InChI=1S/C16H29N3/c1-4-11-19(13-12-18(2)3)14-16-7-5-15(6-8-16)9-10-17/h5-8H,4,9-14,17H2,1-3H3. The van der Waals surface area contributed by atoms with Crippen LogP contribution in [0.1, 0.15) is 24.5 Å². The van der Waals surface area contributed by atoms with E-state index >= 15 is 0 Å². The average molecular weight is 263 g/mol. The highest BCUT2D eigenvalue weighted by Crippen LogP contribution is 2.08. The first-order chi connectivity index (χ1) is 9.15. The van der Waals surface area contributed by atoms with Gasteiger partial charge in [0.2, 0.25) is 0 Å². The molecule has 1 aromatic rings. The Balaban J connectivity index is 2.52. The van der Waals surface area contributed by atoms with Gasteiger partial charge in [-0.3, -0.25) is 4.90 Å². The van der Waals surface area contributed by atoms with Crippen molar-refractivity contribution in [2.45, 2.75) is 26.3 Å². The highest BCUT2D eigenvalue weighted by Gasteiger charge is 2.05. The molecular formula is C16H29N3. The summed E-state index contributed by atoms with van der Waals surface area (Å²) in [7, 11) is 4.26. The molecule has 0 radical (unpaired) electrons. The second-order valence-electron chi connectivity index (χ2n) is 5.43. The molecule has 1 rings (SSSR count). The SMILES string of the molecule is CCCN(CCN(C)C)Cc1ccc(CCN)cc1. The third-order valence-electron chi connectivity index (χ3n) is 3.27. The van der Waals surface area contributed by atoms with Gasteiger partial charge in [0.1, 0.15) is 0 Å². The average Bonchev–Trinajstić information content (AvgIpc) is 2.39. The molecule has 0 aliphatic carbocycles. The Morgan fingerprint density at radius 2 is 1.58 bits per heavy atom. The van der Waals surface area contributed by atoms with Gasteiger partial charge >= 0.3 is 0 Å². The van der Waals surface area contributed by atoms with Crippen molar-refractivity contribution in [2.24, 2.45) is 5.73 Å². The van der Waals surface area contributed by atoms with Gasteiger partial charge in [0.25, 0.3) is 0 Å². The van der Waals surface area contributed by atoms with Crippen LogP contribution in [-0.2, 0) is 13.0 Å². The molecule has 0 aromatic heterocycles. The third-order valence-corrected chi connectivity index (χ3v) is 3.27. The van der Waals surface area contributed by atoms with Crippen molar-refractivity contribution >= 4 is 0 Å². The first-order valence-corrected chi connectivity index (χ1v) is 7.30. The molecule has 0 amide bonds. The second-order valence-corrected chi connectivity index (χ2v) is 5.43. The summed E-state index contributed by atoms with van der Waals surface area (Å²) in [6, 6.07) is 8.89. The van der Waals surface area contributed by atoms with Gasteiger partial charge < -0.3 is 10.6 Å². The molecule has 0 saturated heterocycles. The zero-order valence-corrected chi connectivity index (χ0v) is 12.7. The van der Waals surface area contributed by atoms with Crippen LogP contribution >= 0.6 is 0 Å². The van der Waals surface area contributed by atoms with E-state index < -0.39 is 0 Å². The first-order valence-electron chi connectivity index (χ1n) is 7.30. The largest absolute Gasteiger partial charge is 0.330 e. The predicted octanol–water partition coefficient (Wildman–Crippen LogP) is 1.96. The maximum atomic E-state index is 5.57. The lowest BCUT2D eigenvalue weighted by molar-refractivity contribution is 0.234. The van der Waals surface area contributed by atoms with Crippen molar-refractivity contribution in [1.29, 1.82) is 0 Å². The highest BCUT2D eigenvalue weighted by atomic mass is 15.2. The lowest BCUT2D eigenvalue weighted by Gasteiger charge is -2.23. The van der Waals surface area contributed by atoms with Crippen molar-refractivity contribution in [3.05, 3.63) is 35.4 Å². The van der Waals surface area contributed by atoms with E-state index in [2.05, 4.69) is 55.1 Å². The summed E-state index contributed by atoms with van der Waals surface area (Å²) in [4.78, 5) is 4.77. The molecule has 2 N–H and O–H groups in total. The molecule has 1 aromatic carbocycles. The van der Waals surface area contributed by atoms with Crippen molar-refractivity contribution in [2.75, 3.05) is 40.3 Å². The summed E-state index contributed by atoms with van der Waals surface area (Å²) >= 11 is 0. The Bertz CT molecular complexity index is 332. The molecule has 0 unspecified atom stereocenters. The predicted molar refractivity (Wildman–Crippen MR) is 83.3 cm³/mol. The molecule has 3 nitrogen and oxygen atoms in total. The van der Waals surface area contributed by atoms with Crippen molar-refractivity contribution in [3.8, 4) is 0 Å². The molecular weight excluding hydrogens is 234 g/mol. The number of nitrogens with two attached hydrogens (primary N) is 1. The molecule has 19 heavy (non-hydrogen) atoms. The highest BCUT2D eigenvalue weighted by molar-refractivity contribution is 5.22. The minimum absolute atomic E-state index is 0.726. The smallest absolute Gasteiger partial charge is 0.0234 e. The molecule has 0 bridgehead atoms. The molecule has 0 heterocycles. The van der Waals surface area contributed by atoms with Crippen LogP contribution in [0.5, 0.6) is 0 Å². The second kappa shape index (κ2) is 9.08. The van der Waals surface area contributed by atoms with E-state index in [4.69, 9.17) is 5.73 Å². The molecule has 0 aliphatic rings. The van der Waals surface area contributed by atoms with Gasteiger partial charge in [-0.25, -0.2) is 0 Å². The Hall–Kier alpha value is -0.900. The topological polar surface area (TPSA) is 32.5 Å². The summed E-state index contributed by atoms with van der Waals surface area (Å²) in [5.41, 5.74) is 8.30. The Morgan fingerprint density at radius 1 is 0.947 bits per heavy atom. The third kappa shape index (κ3) is 6.71. The summed E-state index contributed by atoms with van der Waals surface area (Å²) in [5, 5.41) is 0. The molecule has 0 saturated carbocycles. The molecule has 108 valence electrons.